The van der Waals surface area contributed by atoms with Gasteiger partial charge >= 0.3 is 5.97 Å². The lowest BCUT2D eigenvalue weighted by molar-refractivity contribution is -0.148. The zero-order valence-electron chi connectivity index (χ0n) is 15.8. The Morgan fingerprint density at radius 1 is 1.14 bits per heavy atom. The highest BCUT2D eigenvalue weighted by molar-refractivity contribution is 6.36. The summed E-state index contributed by atoms with van der Waals surface area (Å²) in [4.78, 5) is 19.6. The molecule has 0 unspecified atom stereocenters. The van der Waals surface area contributed by atoms with Crippen LogP contribution in [0.15, 0.2) is 54.9 Å². The molecule has 4 nitrogen and oxygen atoms in total. The first-order valence-corrected chi connectivity index (χ1v) is 9.49. The van der Waals surface area contributed by atoms with E-state index in [1.54, 1.807) is 30.6 Å². The van der Waals surface area contributed by atoms with E-state index < -0.39 is 11.6 Å². The molecule has 0 saturated carbocycles. The SMILES string of the molecule is CC(C)(C)OC(=O)/C=C/c1cccc(-c2ccc(Cl)cc2Cl)c1-c1ncc[nH]1. The summed E-state index contributed by atoms with van der Waals surface area (Å²) in [7, 11) is 0. The van der Waals surface area contributed by atoms with Gasteiger partial charge in [0, 0.05) is 39.6 Å². The number of aromatic amines is 1. The Morgan fingerprint density at radius 2 is 1.93 bits per heavy atom. The van der Waals surface area contributed by atoms with Crippen LogP contribution in [0.1, 0.15) is 26.3 Å². The Kier molecular flexibility index (Phi) is 5.92. The first-order valence-electron chi connectivity index (χ1n) is 8.74. The third-order valence-corrected chi connectivity index (χ3v) is 4.41. The molecule has 0 bridgehead atoms. The van der Waals surface area contributed by atoms with Crippen molar-refractivity contribution < 1.29 is 9.53 Å². The Hall–Kier alpha value is -2.56. The number of H-pyrrole nitrogens is 1. The first kappa shape index (κ1) is 20.2. The van der Waals surface area contributed by atoms with E-state index in [0.29, 0.717) is 15.9 Å². The van der Waals surface area contributed by atoms with Gasteiger partial charge in [-0.2, -0.15) is 0 Å². The van der Waals surface area contributed by atoms with Crippen LogP contribution in [0.25, 0.3) is 28.6 Å². The zero-order chi connectivity index (χ0) is 20.3. The maximum atomic E-state index is 12.1. The van der Waals surface area contributed by atoms with E-state index in [1.165, 1.54) is 6.08 Å². The van der Waals surface area contributed by atoms with Crippen LogP contribution in [0.2, 0.25) is 10.0 Å². The van der Waals surface area contributed by atoms with Crippen LogP contribution < -0.4 is 0 Å². The van der Waals surface area contributed by atoms with Crippen molar-refractivity contribution in [2.24, 2.45) is 0 Å². The molecule has 3 aromatic rings. The number of aromatic nitrogens is 2. The van der Waals surface area contributed by atoms with Crippen LogP contribution in [-0.2, 0) is 9.53 Å². The van der Waals surface area contributed by atoms with Gasteiger partial charge in [-0.3, -0.25) is 0 Å². The van der Waals surface area contributed by atoms with Crippen molar-refractivity contribution in [1.82, 2.24) is 9.97 Å². The average Bonchev–Trinajstić information content (AvgIpc) is 3.12. The van der Waals surface area contributed by atoms with E-state index in [9.17, 15) is 4.79 Å². The fourth-order valence-corrected chi connectivity index (χ4v) is 3.31. The smallest absolute Gasteiger partial charge is 0.331 e. The third-order valence-electron chi connectivity index (χ3n) is 3.86. The van der Waals surface area contributed by atoms with Crippen molar-refractivity contribution in [3.63, 3.8) is 0 Å². The van der Waals surface area contributed by atoms with E-state index >= 15 is 0 Å². The molecule has 28 heavy (non-hydrogen) atoms. The number of carbonyl (C=O) groups excluding carboxylic acids is 1. The fourth-order valence-electron chi connectivity index (χ4n) is 2.80. The lowest BCUT2D eigenvalue weighted by Crippen LogP contribution is -2.22. The molecule has 0 aliphatic carbocycles. The molecular formula is C22H20Cl2N2O2. The Morgan fingerprint density at radius 3 is 2.57 bits per heavy atom. The Labute approximate surface area is 174 Å². The molecular weight excluding hydrogens is 395 g/mol. The molecule has 6 heteroatoms. The molecule has 1 heterocycles. The molecule has 0 radical (unpaired) electrons. The van der Waals surface area contributed by atoms with Crippen molar-refractivity contribution >= 4 is 35.2 Å². The standard InChI is InChI=1S/C22H20Cl2N2O2/c1-22(2,3)28-19(27)10-7-14-5-4-6-17(20(14)21-25-11-12-26-21)16-9-8-15(23)13-18(16)24/h4-13H,1-3H3,(H,25,26)/b10-7+. The molecule has 3 rings (SSSR count). The van der Waals surface area contributed by atoms with Crippen molar-refractivity contribution in [3.8, 4) is 22.5 Å². The number of carbonyl (C=O) groups is 1. The van der Waals surface area contributed by atoms with Crippen LogP contribution >= 0.6 is 23.2 Å². The highest BCUT2D eigenvalue weighted by atomic mass is 35.5. The van der Waals surface area contributed by atoms with Crippen molar-refractivity contribution in [2.45, 2.75) is 26.4 Å². The quantitative estimate of drug-likeness (QED) is 0.396. The van der Waals surface area contributed by atoms with Gasteiger partial charge in [0.05, 0.1) is 0 Å². The number of hydrogen-bond acceptors (Lipinski definition) is 3. The van der Waals surface area contributed by atoms with Crippen molar-refractivity contribution in [1.29, 1.82) is 0 Å². The van der Waals surface area contributed by atoms with E-state index in [-0.39, 0.29) is 0 Å². The lowest BCUT2D eigenvalue weighted by atomic mass is 9.94. The summed E-state index contributed by atoms with van der Waals surface area (Å²) in [6, 6.07) is 11.1. The van der Waals surface area contributed by atoms with Crippen molar-refractivity contribution in [2.75, 3.05) is 0 Å². The number of imidazole rings is 1. The number of hydrogen-bond donors (Lipinski definition) is 1. The van der Waals surface area contributed by atoms with E-state index in [1.807, 2.05) is 45.0 Å². The molecule has 1 aromatic heterocycles. The minimum Gasteiger partial charge on any atom is -0.457 e. The average molecular weight is 415 g/mol. The molecule has 1 N–H and O–H groups in total. The van der Waals surface area contributed by atoms with E-state index in [2.05, 4.69) is 9.97 Å². The number of nitrogens with one attached hydrogen (secondary N) is 1. The summed E-state index contributed by atoms with van der Waals surface area (Å²) in [5.74, 6) is 0.262. The van der Waals surface area contributed by atoms with Gasteiger partial charge in [-0.15, -0.1) is 0 Å². The second-order valence-electron chi connectivity index (χ2n) is 7.20. The second-order valence-corrected chi connectivity index (χ2v) is 8.04. The van der Waals surface area contributed by atoms with Gasteiger partial charge in [0.25, 0.3) is 0 Å². The molecule has 0 spiro atoms. The predicted octanol–water partition coefficient (Wildman–Crippen LogP) is 6.41. The van der Waals surface area contributed by atoms with Crippen LogP contribution in [0.3, 0.4) is 0 Å². The Bertz CT molecular complexity index is 1020. The summed E-state index contributed by atoms with van der Waals surface area (Å²) in [5, 5.41) is 1.10. The summed E-state index contributed by atoms with van der Waals surface area (Å²) in [6.07, 6.45) is 6.56. The summed E-state index contributed by atoms with van der Waals surface area (Å²) < 4.78 is 5.35. The fraction of sp³-hybridized carbons (Fsp3) is 0.182. The summed E-state index contributed by atoms with van der Waals surface area (Å²) >= 11 is 12.5. The first-order chi connectivity index (χ1) is 13.2. The number of rotatable bonds is 4. The van der Waals surface area contributed by atoms with Crippen LogP contribution in [0, 0.1) is 0 Å². The topological polar surface area (TPSA) is 55.0 Å². The highest BCUT2D eigenvalue weighted by Crippen LogP contribution is 2.38. The zero-order valence-corrected chi connectivity index (χ0v) is 17.3. The third kappa shape index (κ3) is 4.83. The summed E-state index contributed by atoms with van der Waals surface area (Å²) in [6.45, 7) is 5.49. The Balaban J connectivity index is 2.10. The maximum Gasteiger partial charge on any atom is 0.331 e. The van der Waals surface area contributed by atoms with Gasteiger partial charge in [0.1, 0.15) is 11.4 Å². The molecule has 2 aromatic carbocycles. The number of benzene rings is 2. The minimum absolute atomic E-state index is 0.409. The normalized spacial score (nSPS) is 11.8. The van der Waals surface area contributed by atoms with E-state index in [4.69, 9.17) is 27.9 Å². The number of halogens is 2. The molecule has 144 valence electrons. The van der Waals surface area contributed by atoms with Gasteiger partial charge in [0.15, 0.2) is 0 Å². The molecule has 0 amide bonds. The molecule has 0 saturated heterocycles. The lowest BCUT2D eigenvalue weighted by Gasteiger charge is -2.18. The second kappa shape index (κ2) is 8.21. The summed E-state index contributed by atoms with van der Waals surface area (Å²) in [5.41, 5.74) is 2.79. The molecule has 0 aliphatic heterocycles. The molecule has 0 fully saturated rings. The van der Waals surface area contributed by atoms with Gasteiger partial charge in [-0.25, -0.2) is 9.78 Å². The minimum atomic E-state index is -0.552. The number of ether oxygens (including phenoxy) is 1. The predicted molar refractivity (Wildman–Crippen MR) is 114 cm³/mol. The molecule has 0 aliphatic rings. The van der Waals surface area contributed by atoms with Gasteiger partial charge < -0.3 is 9.72 Å². The van der Waals surface area contributed by atoms with Gasteiger partial charge in [0.2, 0.25) is 0 Å². The number of esters is 1. The van der Waals surface area contributed by atoms with Crippen LogP contribution in [0.4, 0.5) is 0 Å². The maximum absolute atomic E-state index is 12.1. The van der Waals surface area contributed by atoms with Crippen LogP contribution in [0.5, 0.6) is 0 Å². The number of nitrogens with zero attached hydrogens (tertiary/aromatic N) is 1. The monoisotopic (exact) mass is 414 g/mol. The van der Waals surface area contributed by atoms with E-state index in [0.717, 1.165) is 22.3 Å². The van der Waals surface area contributed by atoms with Gasteiger partial charge in [-0.1, -0.05) is 47.5 Å². The van der Waals surface area contributed by atoms with Gasteiger partial charge in [-0.05, 0) is 50.1 Å². The molecule has 0 atom stereocenters. The largest absolute Gasteiger partial charge is 0.457 e. The van der Waals surface area contributed by atoms with Crippen molar-refractivity contribution in [3.05, 3.63) is 70.5 Å². The highest BCUT2D eigenvalue weighted by Gasteiger charge is 2.17. The van der Waals surface area contributed by atoms with Crippen LogP contribution in [-0.4, -0.2) is 21.5 Å².